The van der Waals surface area contributed by atoms with E-state index in [2.05, 4.69) is 10.6 Å². The van der Waals surface area contributed by atoms with Gasteiger partial charge in [-0.25, -0.2) is 0 Å². The van der Waals surface area contributed by atoms with Crippen molar-refractivity contribution in [1.29, 1.82) is 0 Å². The summed E-state index contributed by atoms with van der Waals surface area (Å²) in [5.41, 5.74) is 1.21. The van der Waals surface area contributed by atoms with Crippen molar-refractivity contribution in [2.45, 2.75) is 0 Å². The lowest BCUT2D eigenvalue weighted by Gasteiger charge is -2.07. The van der Waals surface area contributed by atoms with Crippen LogP contribution in [0, 0.1) is 0 Å². The molecule has 1 aromatic carbocycles. The molecule has 2 aliphatic heterocycles. The van der Waals surface area contributed by atoms with Crippen LogP contribution in [-0.4, -0.2) is 23.6 Å². The molecule has 1 aromatic rings. The fraction of sp³-hybridized carbons (Fsp3) is 0. The molecule has 0 saturated heterocycles. The number of imide groups is 2. The van der Waals surface area contributed by atoms with Crippen molar-refractivity contribution in [2.75, 3.05) is 0 Å². The number of carbonyl (C=O) groups is 4. The molecular formula is C14H7ClN2O4. The predicted octanol–water partition coefficient (Wildman–Crippen LogP) is 0.420. The molecule has 2 aliphatic rings. The van der Waals surface area contributed by atoms with Gasteiger partial charge in [0, 0.05) is 22.7 Å². The predicted molar refractivity (Wildman–Crippen MR) is 73.7 cm³/mol. The highest BCUT2D eigenvalue weighted by Crippen LogP contribution is 2.30. The third-order valence-corrected chi connectivity index (χ3v) is 3.40. The highest BCUT2D eigenvalue weighted by Gasteiger charge is 2.26. The van der Waals surface area contributed by atoms with Gasteiger partial charge in [0.2, 0.25) is 0 Å². The highest BCUT2D eigenvalue weighted by atomic mass is 35.5. The van der Waals surface area contributed by atoms with Gasteiger partial charge in [-0.15, -0.1) is 0 Å². The Labute approximate surface area is 123 Å². The summed E-state index contributed by atoms with van der Waals surface area (Å²) in [5.74, 6) is -2.02. The third kappa shape index (κ3) is 2.25. The summed E-state index contributed by atoms with van der Waals surface area (Å²) >= 11 is 6.11. The lowest BCUT2D eigenvalue weighted by atomic mass is 10.0. The maximum atomic E-state index is 11.6. The summed E-state index contributed by atoms with van der Waals surface area (Å²) < 4.78 is 0. The smallest absolute Gasteiger partial charge is 0.258 e. The normalized spacial score (nSPS) is 17.6. The molecule has 0 atom stereocenters. The summed E-state index contributed by atoms with van der Waals surface area (Å²) in [5, 5.41) is 4.46. The van der Waals surface area contributed by atoms with Gasteiger partial charge in [0.1, 0.15) is 0 Å². The fourth-order valence-electron chi connectivity index (χ4n) is 2.14. The van der Waals surface area contributed by atoms with Crippen molar-refractivity contribution in [3.05, 3.63) is 46.5 Å². The molecule has 7 heteroatoms. The van der Waals surface area contributed by atoms with E-state index in [1.165, 1.54) is 18.2 Å². The van der Waals surface area contributed by atoms with E-state index in [0.717, 1.165) is 6.08 Å². The number of hydrogen-bond donors (Lipinski definition) is 2. The lowest BCUT2D eigenvalue weighted by Crippen LogP contribution is -2.22. The Balaban J connectivity index is 2.02. The van der Waals surface area contributed by atoms with Gasteiger partial charge >= 0.3 is 0 Å². The molecule has 2 N–H and O–H groups in total. The number of nitrogens with one attached hydrogen (secondary N) is 2. The summed E-state index contributed by atoms with van der Waals surface area (Å²) in [6.45, 7) is 0. The highest BCUT2D eigenvalue weighted by molar-refractivity contribution is 6.39. The Kier molecular flexibility index (Phi) is 2.95. The maximum absolute atomic E-state index is 11.6. The molecule has 0 saturated carbocycles. The third-order valence-electron chi connectivity index (χ3n) is 3.08. The first-order chi connectivity index (χ1) is 9.95. The zero-order valence-corrected chi connectivity index (χ0v) is 11.2. The second-order valence-electron chi connectivity index (χ2n) is 4.45. The van der Waals surface area contributed by atoms with Crippen LogP contribution >= 0.6 is 11.6 Å². The number of halogens is 1. The van der Waals surface area contributed by atoms with Crippen molar-refractivity contribution in [2.24, 2.45) is 0 Å². The van der Waals surface area contributed by atoms with E-state index in [0.29, 0.717) is 11.1 Å². The summed E-state index contributed by atoms with van der Waals surface area (Å²) in [6, 6.07) is 4.55. The van der Waals surface area contributed by atoms with Crippen molar-refractivity contribution in [1.82, 2.24) is 10.6 Å². The monoisotopic (exact) mass is 302 g/mol. The first kappa shape index (κ1) is 13.3. The Hall–Kier alpha value is -2.73. The molecule has 2 heterocycles. The van der Waals surface area contributed by atoms with Crippen molar-refractivity contribution in [3.63, 3.8) is 0 Å². The number of carbonyl (C=O) groups excluding carboxylic acids is 4. The summed E-state index contributed by atoms with van der Waals surface area (Å²) in [6.07, 6.45) is 2.34. The van der Waals surface area contributed by atoms with Crippen LogP contribution in [0.2, 0.25) is 5.02 Å². The quantitative estimate of drug-likeness (QED) is 0.774. The Morgan fingerprint density at radius 1 is 0.810 bits per heavy atom. The SMILES string of the molecule is O=C1C=C(c2ccc(C3=CC(=O)NC3=O)c(Cl)c2)C(=O)N1. The van der Waals surface area contributed by atoms with E-state index in [-0.39, 0.29) is 16.2 Å². The topological polar surface area (TPSA) is 92.3 Å². The first-order valence-electron chi connectivity index (χ1n) is 5.90. The molecule has 6 nitrogen and oxygen atoms in total. The lowest BCUT2D eigenvalue weighted by molar-refractivity contribution is -0.124. The van der Waals surface area contributed by atoms with Crippen LogP contribution in [-0.2, 0) is 19.2 Å². The van der Waals surface area contributed by atoms with Crippen molar-refractivity contribution < 1.29 is 19.2 Å². The molecule has 0 spiro atoms. The van der Waals surface area contributed by atoms with E-state index in [1.807, 2.05) is 0 Å². The number of amides is 4. The zero-order chi connectivity index (χ0) is 15.1. The molecule has 0 aromatic heterocycles. The van der Waals surface area contributed by atoms with Gasteiger partial charge < -0.3 is 0 Å². The van der Waals surface area contributed by atoms with Gasteiger partial charge in [0.05, 0.1) is 11.1 Å². The minimum atomic E-state index is -0.525. The van der Waals surface area contributed by atoms with Crippen molar-refractivity contribution in [3.8, 4) is 0 Å². The molecule has 104 valence electrons. The van der Waals surface area contributed by atoms with Crippen LogP contribution in [0.3, 0.4) is 0 Å². The number of rotatable bonds is 2. The van der Waals surface area contributed by atoms with Gasteiger partial charge in [-0.3, -0.25) is 29.8 Å². The Bertz CT molecular complexity index is 792. The first-order valence-corrected chi connectivity index (χ1v) is 6.28. The average Bonchev–Trinajstić information content (AvgIpc) is 2.91. The summed E-state index contributed by atoms with van der Waals surface area (Å²) in [7, 11) is 0. The van der Waals surface area contributed by atoms with Gasteiger partial charge in [-0.05, 0) is 11.6 Å². The fourth-order valence-corrected chi connectivity index (χ4v) is 2.42. The average molecular weight is 303 g/mol. The van der Waals surface area contributed by atoms with E-state index >= 15 is 0 Å². The van der Waals surface area contributed by atoms with Crippen LogP contribution in [0.4, 0.5) is 0 Å². The van der Waals surface area contributed by atoms with E-state index in [1.54, 1.807) is 6.07 Å². The van der Waals surface area contributed by atoms with Gasteiger partial charge in [-0.2, -0.15) is 0 Å². The Morgan fingerprint density at radius 2 is 1.38 bits per heavy atom. The number of hydrogen-bond acceptors (Lipinski definition) is 4. The van der Waals surface area contributed by atoms with E-state index in [4.69, 9.17) is 11.6 Å². The molecule has 0 aliphatic carbocycles. The molecule has 21 heavy (non-hydrogen) atoms. The molecule has 3 rings (SSSR count). The van der Waals surface area contributed by atoms with Crippen LogP contribution in [0.5, 0.6) is 0 Å². The second kappa shape index (κ2) is 4.68. The molecule has 0 bridgehead atoms. The van der Waals surface area contributed by atoms with Crippen LogP contribution in [0.25, 0.3) is 11.1 Å². The Morgan fingerprint density at radius 3 is 1.86 bits per heavy atom. The van der Waals surface area contributed by atoms with Crippen LogP contribution in [0.1, 0.15) is 11.1 Å². The van der Waals surface area contributed by atoms with Gasteiger partial charge in [0.25, 0.3) is 23.6 Å². The summed E-state index contributed by atoms with van der Waals surface area (Å²) in [4.78, 5) is 45.5. The largest absolute Gasteiger partial charge is 0.289 e. The molecular weight excluding hydrogens is 296 g/mol. The molecule has 4 amide bonds. The van der Waals surface area contributed by atoms with Gasteiger partial charge in [-0.1, -0.05) is 23.7 Å². The molecule has 0 radical (unpaired) electrons. The number of benzene rings is 1. The minimum absolute atomic E-state index is 0.164. The van der Waals surface area contributed by atoms with Gasteiger partial charge in [0.15, 0.2) is 0 Å². The van der Waals surface area contributed by atoms with Crippen LogP contribution < -0.4 is 10.6 Å². The minimum Gasteiger partial charge on any atom is -0.289 e. The maximum Gasteiger partial charge on any atom is 0.258 e. The van der Waals surface area contributed by atoms with Crippen molar-refractivity contribution >= 4 is 46.4 Å². The van der Waals surface area contributed by atoms with E-state index < -0.39 is 23.6 Å². The second-order valence-corrected chi connectivity index (χ2v) is 4.85. The molecule has 0 unspecified atom stereocenters. The molecule has 0 fully saturated rings. The zero-order valence-electron chi connectivity index (χ0n) is 10.4. The standard InChI is InChI=1S/C14H7ClN2O4/c15-10-3-6(8-4-11(18)16-13(8)20)1-2-7(10)9-5-12(19)17-14(9)21/h1-5H,(H,16,18,20)(H,17,19,21). The van der Waals surface area contributed by atoms with Crippen LogP contribution in [0.15, 0.2) is 30.4 Å². The van der Waals surface area contributed by atoms with E-state index in [9.17, 15) is 19.2 Å².